The van der Waals surface area contributed by atoms with E-state index in [1.54, 1.807) is 6.92 Å². The zero-order chi connectivity index (χ0) is 14.1. The second-order valence-corrected chi connectivity index (χ2v) is 5.93. The van der Waals surface area contributed by atoms with Gasteiger partial charge < -0.3 is 0 Å². The summed E-state index contributed by atoms with van der Waals surface area (Å²) in [5.74, 6) is -0.406. The Morgan fingerprint density at radius 3 is 2.42 bits per heavy atom. The number of hydrogen-bond acceptors (Lipinski definition) is 3. The lowest BCUT2D eigenvalue weighted by Gasteiger charge is -2.69. The largest absolute Gasteiger partial charge is 0.394 e. The molecule has 0 atom stereocenters. The first-order chi connectivity index (χ1) is 8.69. The minimum absolute atomic E-state index is 0.0114. The van der Waals surface area contributed by atoms with E-state index in [9.17, 15) is 18.0 Å². The number of carbonyl (C=O) groups is 1. The van der Waals surface area contributed by atoms with Crippen molar-refractivity contribution >= 4 is 17.4 Å². The topological polar surface area (TPSA) is 42.9 Å². The van der Waals surface area contributed by atoms with Gasteiger partial charge in [0.15, 0.2) is 10.9 Å². The van der Waals surface area contributed by atoms with Gasteiger partial charge in [-0.15, -0.1) is 0 Å². The van der Waals surface area contributed by atoms with Crippen LogP contribution >= 0.6 is 11.6 Å². The molecule has 1 aromatic heterocycles. The molecule has 0 amide bonds. The summed E-state index contributed by atoms with van der Waals surface area (Å²) < 4.78 is 38.2. The Balaban J connectivity index is 1.82. The molecule has 0 aromatic carbocycles. The number of aryl methyl sites for hydroxylation is 1. The van der Waals surface area contributed by atoms with Gasteiger partial charge >= 0.3 is 6.18 Å². The Bertz CT molecular complexity index is 565. The molecule has 3 aliphatic rings. The van der Waals surface area contributed by atoms with Crippen LogP contribution in [0.2, 0.25) is 5.15 Å². The van der Waals surface area contributed by atoms with Gasteiger partial charge in [0.1, 0.15) is 5.69 Å². The van der Waals surface area contributed by atoms with Crippen LogP contribution in [-0.4, -0.2) is 21.9 Å². The first kappa shape index (κ1) is 12.8. The average Bonchev–Trinajstić information content (AvgIpc) is 2.09. The van der Waals surface area contributed by atoms with E-state index >= 15 is 0 Å². The van der Waals surface area contributed by atoms with E-state index < -0.39 is 22.8 Å². The molecule has 3 fully saturated rings. The molecule has 0 saturated heterocycles. The van der Waals surface area contributed by atoms with Crippen molar-refractivity contribution in [3.8, 4) is 0 Å². The quantitative estimate of drug-likeness (QED) is 0.785. The highest BCUT2D eigenvalue weighted by Crippen LogP contribution is 2.79. The third-order valence-corrected chi connectivity index (χ3v) is 4.44. The Morgan fingerprint density at radius 1 is 1.37 bits per heavy atom. The Hall–Kier alpha value is -1.17. The van der Waals surface area contributed by atoms with Gasteiger partial charge in [0.2, 0.25) is 0 Å². The molecule has 7 heteroatoms. The number of nitrogens with zero attached hydrogens (tertiary/aromatic N) is 2. The van der Waals surface area contributed by atoms with Crippen molar-refractivity contribution in [2.75, 3.05) is 0 Å². The number of Topliss-reactive ketones (excluding diaryl/α,β-unsaturated/α-hetero) is 1. The van der Waals surface area contributed by atoms with Crippen molar-refractivity contribution in [1.82, 2.24) is 9.97 Å². The molecule has 0 N–H and O–H groups in total. The zero-order valence-electron chi connectivity index (χ0n) is 10.0. The normalized spacial score (nSPS) is 32.5. The van der Waals surface area contributed by atoms with Crippen LogP contribution in [0.1, 0.15) is 35.4 Å². The highest BCUT2D eigenvalue weighted by molar-refractivity contribution is 6.32. The summed E-state index contributed by atoms with van der Waals surface area (Å²) in [5, 5.41) is -0.0317. The monoisotopic (exact) mass is 290 g/mol. The molecule has 0 radical (unpaired) electrons. The first-order valence-corrected chi connectivity index (χ1v) is 6.18. The van der Waals surface area contributed by atoms with Crippen LogP contribution in [0.4, 0.5) is 13.2 Å². The fraction of sp³-hybridized carbons (Fsp3) is 0.583. The first-order valence-electron chi connectivity index (χ1n) is 5.80. The molecule has 1 heterocycles. The van der Waals surface area contributed by atoms with E-state index in [1.807, 2.05) is 0 Å². The van der Waals surface area contributed by atoms with Crippen LogP contribution in [-0.2, 0) is 0 Å². The van der Waals surface area contributed by atoms with Crippen molar-refractivity contribution in [2.24, 2.45) is 10.8 Å². The van der Waals surface area contributed by atoms with E-state index in [2.05, 4.69) is 9.97 Å². The number of carbonyl (C=O) groups excluding carboxylic acids is 1. The smallest absolute Gasteiger partial charge is 0.292 e. The minimum atomic E-state index is -4.22. The van der Waals surface area contributed by atoms with Crippen LogP contribution < -0.4 is 0 Å². The van der Waals surface area contributed by atoms with Crippen molar-refractivity contribution < 1.29 is 18.0 Å². The molecule has 2 bridgehead atoms. The Kier molecular flexibility index (Phi) is 2.35. The molecule has 1 aromatic rings. The summed E-state index contributed by atoms with van der Waals surface area (Å²) in [6.45, 7) is 1.67. The van der Waals surface area contributed by atoms with Crippen molar-refractivity contribution in [2.45, 2.75) is 32.4 Å². The molecule has 0 spiro atoms. The van der Waals surface area contributed by atoms with Gasteiger partial charge in [-0.25, -0.2) is 9.97 Å². The van der Waals surface area contributed by atoms with E-state index in [1.165, 1.54) is 6.20 Å². The Labute approximate surface area is 112 Å². The maximum absolute atomic E-state index is 12.7. The molecule has 0 aliphatic heterocycles. The number of alkyl halides is 3. The maximum atomic E-state index is 12.7. The molecular weight excluding hydrogens is 281 g/mol. The summed E-state index contributed by atoms with van der Waals surface area (Å²) >= 11 is 5.84. The van der Waals surface area contributed by atoms with Crippen molar-refractivity contribution in [3.63, 3.8) is 0 Å². The zero-order valence-corrected chi connectivity index (χ0v) is 10.8. The molecule has 4 rings (SSSR count). The van der Waals surface area contributed by atoms with Crippen LogP contribution in [0.5, 0.6) is 0 Å². The maximum Gasteiger partial charge on any atom is 0.394 e. The van der Waals surface area contributed by atoms with Crippen LogP contribution in [0.25, 0.3) is 0 Å². The van der Waals surface area contributed by atoms with Crippen LogP contribution in [0.15, 0.2) is 6.20 Å². The highest BCUT2D eigenvalue weighted by atomic mass is 35.5. The Morgan fingerprint density at radius 2 is 1.95 bits per heavy atom. The summed E-state index contributed by atoms with van der Waals surface area (Å²) in [5.41, 5.74) is -2.01. The molecule has 0 unspecified atom stereocenters. The lowest BCUT2D eigenvalue weighted by atomic mass is 9.33. The number of ketones is 1. The van der Waals surface area contributed by atoms with Gasteiger partial charge in [0.25, 0.3) is 0 Å². The van der Waals surface area contributed by atoms with E-state index in [4.69, 9.17) is 11.6 Å². The van der Waals surface area contributed by atoms with Gasteiger partial charge in [0.05, 0.1) is 11.1 Å². The van der Waals surface area contributed by atoms with Gasteiger partial charge in [0, 0.05) is 11.6 Å². The summed E-state index contributed by atoms with van der Waals surface area (Å²) in [6, 6.07) is 0. The highest BCUT2D eigenvalue weighted by Gasteiger charge is 2.80. The van der Waals surface area contributed by atoms with Gasteiger partial charge in [-0.05, 0) is 26.2 Å². The molecule has 3 aliphatic carbocycles. The molecule has 3 nitrogen and oxygen atoms in total. The van der Waals surface area contributed by atoms with Gasteiger partial charge in [-0.2, -0.15) is 13.2 Å². The number of rotatable bonds is 2. The summed E-state index contributed by atoms with van der Waals surface area (Å²) in [7, 11) is 0. The standard InChI is InChI=1S/C12H10ClF3N2O/c1-6-2-17-7(9(13)18-6)8(19)10-3-11(4-10,5-10)12(14,15)16/h2H,3-5H2,1H3. The number of aromatic nitrogens is 2. The fourth-order valence-corrected chi connectivity index (χ4v) is 3.45. The molecule has 3 saturated carbocycles. The van der Waals surface area contributed by atoms with E-state index in [-0.39, 0.29) is 30.1 Å². The van der Waals surface area contributed by atoms with Crippen molar-refractivity contribution in [1.29, 1.82) is 0 Å². The molecule has 19 heavy (non-hydrogen) atoms. The average molecular weight is 291 g/mol. The number of halogens is 4. The predicted molar refractivity (Wildman–Crippen MR) is 60.9 cm³/mol. The van der Waals surface area contributed by atoms with Gasteiger partial charge in [-0.1, -0.05) is 11.6 Å². The van der Waals surface area contributed by atoms with Crippen LogP contribution in [0, 0.1) is 17.8 Å². The summed E-state index contributed by atoms with van der Waals surface area (Å²) in [4.78, 5) is 20.1. The molecule has 102 valence electrons. The summed E-state index contributed by atoms with van der Waals surface area (Å²) in [6.07, 6.45) is -3.27. The SMILES string of the molecule is Cc1cnc(C(=O)C23CC(C(F)(F)F)(C2)C3)c(Cl)n1. The second kappa shape index (κ2) is 3.48. The van der Waals surface area contributed by atoms with Crippen molar-refractivity contribution in [3.05, 3.63) is 22.7 Å². The number of hydrogen-bond donors (Lipinski definition) is 0. The lowest BCUT2D eigenvalue weighted by Crippen LogP contribution is -2.71. The lowest BCUT2D eigenvalue weighted by molar-refractivity contribution is -0.346. The third kappa shape index (κ3) is 1.55. The van der Waals surface area contributed by atoms with Crippen LogP contribution in [0.3, 0.4) is 0 Å². The third-order valence-electron chi connectivity index (χ3n) is 4.18. The van der Waals surface area contributed by atoms with E-state index in [0.29, 0.717) is 5.69 Å². The minimum Gasteiger partial charge on any atom is -0.292 e. The predicted octanol–water partition coefficient (Wildman–Crippen LogP) is 3.35. The second-order valence-electron chi connectivity index (χ2n) is 5.57. The molecular formula is C12H10ClF3N2O. The van der Waals surface area contributed by atoms with E-state index in [0.717, 1.165) is 0 Å². The van der Waals surface area contributed by atoms with Gasteiger partial charge in [-0.3, -0.25) is 4.79 Å². The fourth-order valence-electron chi connectivity index (χ4n) is 3.18.